The molecule has 8 heteroatoms. The van der Waals surface area contributed by atoms with Crippen molar-refractivity contribution in [3.8, 4) is 0 Å². The summed E-state index contributed by atoms with van der Waals surface area (Å²) in [7, 11) is -1.65. The van der Waals surface area contributed by atoms with Crippen LogP contribution >= 0.6 is 0 Å². The van der Waals surface area contributed by atoms with Gasteiger partial charge in [0.2, 0.25) is 15.9 Å². The zero-order chi connectivity index (χ0) is 17.9. The summed E-state index contributed by atoms with van der Waals surface area (Å²) >= 11 is 0. The van der Waals surface area contributed by atoms with E-state index >= 15 is 0 Å². The monoisotopic (exact) mass is 362 g/mol. The van der Waals surface area contributed by atoms with Crippen molar-refractivity contribution >= 4 is 15.9 Å². The predicted molar refractivity (Wildman–Crippen MR) is 93.0 cm³/mol. The molecular formula is C17H22N4O3S. The van der Waals surface area contributed by atoms with Crippen LogP contribution < -0.4 is 5.32 Å². The van der Waals surface area contributed by atoms with Gasteiger partial charge in [0, 0.05) is 44.4 Å². The summed E-state index contributed by atoms with van der Waals surface area (Å²) in [5.41, 5.74) is 0.944. The van der Waals surface area contributed by atoms with E-state index < -0.39 is 10.0 Å². The molecule has 25 heavy (non-hydrogen) atoms. The van der Waals surface area contributed by atoms with Gasteiger partial charge in [-0.2, -0.15) is 9.40 Å². The van der Waals surface area contributed by atoms with Crippen LogP contribution in [0.25, 0.3) is 0 Å². The molecule has 1 saturated heterocycles. The van der Waals surface area contributed by atoms with Gasteiger partial charge in [-0.05, 0) is 25.0 Å². The van der Waals surface area contributed by atoms with Crippen molar-refractivity contribution in [2.75, 3.05) is 13.1 Å². The van der Waals surface area contributed by atoms with Gasteiger partial charge in [0.25, 0.3) is 0 Å². The molecule has 0 unspecified atom stereocenters. The molecule has 2 aromatic rings. The largest absolute Gasteiger partial charge is 0.352 e. The van der Waals surface area contributed by atoms with Crippen molar-refractivity contribution < 1.29 is 13.2 Å². The number of amides is 1. The SMILES string of the molecule is Cn1cc(CNC(=O)C2CCN(S(=O)(=O)c3ccccc3)CC2)cn1. The van der Waals surface area contributed by atoms with E-state index in [1.807, 2.05) is 13.2 Å². The van der Waals surface area contributed by atoms with Gasteiger partial charge in [-0.15, -0.1) is 0 Å². The minimum atomic E-state index is -3.47. The Labute approximate surface area is 147 Å². The quantitative estimate of drug-likeness (QED) is 0.864. The number of nitrogens with zero attached hydrogens (tertiary/aromatic N) is 3. The number of aryl methyl sites for hydroxylation is 1. The van der Waals surface area contributed by atoms with Crippen LogP contribution in [0, 0.1) is 5.92 Å². The number of carbonyl (C=O) groups excluding carboxylic acids is 1. The Balaban J connectivity index is 1.54. The lowest BCUT2D eigenvalue weighted by Crippen LogP contribution is -2.42. The lowest BCUT2D eigenvalue weighted by Gasteiger charge is -2.30. The molecule has 1 aromatic carbocycles. The Morgan fingerprint density at radius 1 is 1.24 bits per heavy atom. The van der Waals surface area contributed by atoms with Gasteiger partial charge in [-0.25, -0.2) is 8.42 Å². The van der Waals surface area contributed by atoms with Crippen molar-refractivity contribution in [1.29, 1.82) is 0 Å². The average molecular weight is 362 g/mol. The molecule has 7 nitrogen and oxygen atoms in total. The van der Waals surface area contributed by atoms with Crippen LogP contribution in [0.2, 0.25) is 0 Å². The van der Waals surface area contributed by atoms with Crippen molar-refractivity contribution in [2.45, 2.75) is 24.3 Å². The lowest BCUT2D eigenvalue weighted by atomic mass is 9.97. The number of hydrogen-bond acceptors (Lipinski definition) is 4. The molecule has 0 aliphatic carbocycles. The Hall–Kier alpha value is -2.19. The normalized spacial score (nSPS) is 16.7. The van der Waals surface area contributed by atoms with Gasteiger partial charge in [-0.3, -0.25) is 9.48 Å². The summed E-state index contributed by atoms with van der Waals surface area (Å²) in [5, 5.41) is 6.97. The van der Waals surface area contributed by atoms with E-state index in [0.29, 0.717) is 37.4 Å². The van der Waals surface area contributed by atoms with Gasteiger partial charge < -0.3 is 5.32 Å². The summed E-state index contributed by atoms with van der Waals surface area (Å²) < 4.78 is 28.3. The van der Waals surface area contributed by atoms with Crippen LogP contribution in [0.3, 0.4) is 0 Å². The molecule has 0 saturated carbocycles. The third-order valence-electron chi connectivity index (χ3n) is 4.43. The van der Waals surface area contributed by atoms with Crippen LogP contribution in [0.15, 0.2) is 47.6 Å². The summed E-state index contributed by atoms with van der Waals surface area (Å²) in [4.78, 5) is 12.6. The Morgan fingerprint density at radius 2 is 1.92 bits per heavy atom. The van der Waals surface area contributed by atoms with E-state index in [1.54, 1.807) is 41.2 Å². The zero-order valence-corrected chi connectivity index (χ0v) is 14.9. The number of sulfonamides is 1. The van der Waals surface area contributed by atoms with E-state index in [9.17, 15) is 13.2 Å². The Bertz CT molecular complexity index is 825. The second-order valence-electron chi connectivity index (χ2n) is 6.23. The molecule has 0 bridgehead atoms. The first-order valence-electron chi connectivity index (χ1n) is 8.27. The Kier molecular flexibility index (Phi) is 5.19. The highest BCUT2D eigenvalue weighted by atomic mass is 32.2. The maximum Gasteiger partial charge on any atom is 0.243 e. The van der Waals surface area contributed by atoms with Crippen LogP contribution in [0.1, 0.15) is 18.4 Å². The number of carbonyl (C=O) groups is 1. The molecule has 1 aliphatic heterocycles. The van der Waals surface area contributed by atoms with Crippen molar-refractivity contribution in [1.82, 2.24) is 19.4 Å². The first-order chi connectivity index (χ1) is 12.0. The van der Waals surface area contributed by atoms with Crippen molar-refractivity contribution in [3.63, 3.8) is 0 Å². The summed E-state index contributed by atoms with van der Waals surface area (Å²) in [6.45, 7) is 1.17. The van der Waals surface area contributed by atoms with Crippen LogP contribution in [0.5, 0.6) is 0 Å². The molecular weight excluding hydrogens is 340 g/mol. The molecule has 0 radical (unpaired) electrons. The number of rotatable bonds is 5. The Morgan fingerprint density at radius 3 is 2.52 bits per heavy atom. The van der Waals surface area contributed by atoms with E-state index in [0.717, 1.165) is 5.56 Å². The molecule has 1 fully saturated rings. The molecule has 1 amide bonds. The van der Waals surface area contributed by atoms with Crippen molar-refractivity contribution in [2.24, 2.45) is 13.0 Å². The van der Waals surface area contributed by atoms with E-state index in [1.165, 1.54) is 4.31 Å². The van der Waals surface area contributed by atoms with E-state index in [4.69, 9.17) is 0 Å². The maximum absolute atomic E-state index is 12.6. The number of aromatic nitrogens is 2. The van der Waals surface area contributed by atoms with E-state index in [-0.39, 0.29) is 11.8 Å². The molecule has 0 atom stereocenters. The third-order valence-corrected chi connectivity index (χ3v) is 6.34. The van der Waals surface area contributed by atoms with Gasteiger partial charge >= 0.3 is 0 Å². The van der Waals surface area contributed by atoms with Crippen LogP contribution in [-0.4, -0.2) is 41.5 Å². The number of piperidine rings is 1. The minimum Gasteiger partial charge on any atom is -0.352 e. The summed E-state index contributed by atoms with van der Waals surface area (Å²) in [5.74, 6) is -0.181. The summed E-state index contributed by atoms with van der Waals surface area (Å²) in [6, 6.07) is 8.42. The smallest absolute Gasteiger partial charge is 0.243 e. The molecule has 3 rings (SSSR count). The standard InChI is InChI=1S/C17H22N4O3S/c1-20-13-14(12-19-20)11-18-17(22)15-7-9-21(10-8-15)25(23,24)16-5-3-2-4-6-16/h2-6,12-13,15H,7-11H2,1H3,(H,18,22). The van der Waals surface area contributed by atoms with Crippen molar-refractivity contribution in [3.05, 3.63) is 48.3 Å². The molecule has 1 aromatic heterocycles. The number of nitrogens with one attached hydrogen (secondary N) is 1. The first kappa shape index (κ1) is 17.6. The van der Waals surface area contributed by atoms with E-state index in [2.05, 4.69) is 10.4 Å². The second-order valence-corrected chi connectivity index (χ2v) is 8.17. The number of benzene rings is 1. The second kappa shape index (κ2) is 7.37. The molecule has 0 spiro atoms. The summed E-state index contributed by atoms with van der Waals surface area (Å²) in [6.07, 6.45) is 4.64. The van der Waals surface area contributed by atoms with Gasteiger partial charge in [-0.1, -0.05) is 18.2 Å². The van der Waals surface area contributed by atoms with Gasteiger partial charge in [0.15, 0.2) is 0 Å². The highest BCUT2D eigenvalue weighted by Gasteiger charge is 2.31. The predicted octanol–water partition coefficient (Wildman–Crippen LogP) is 1.14. The zero-order valence-electron chi connectivity index (χ0n) is 14.1. The molecule has 1 N–H and O–H groups in total. The lowest BCUT2D eigenvalue weighted by molar-refractivity contribution is -0.126. The fourth-order valence-corrected chi connectivity index (χ4v) is 4.49. The van der Waals surface area contributed by atoms with Gasteiger partial charge in [0.05, 0.1) is 11.1 Å². The average Bonchev–Trinajstić information content (AvgIpc) is 3.06. The van der Waals surface area contributed by atoms with Crippen LogP contribution in [-0.2, 0) is 28.4 Å². The topological polar surface area (TPSA) is 84.3 Å². The third kappa shape index (κ3) is 4.08. The highest BCUT2D eigenvalue weighted by molar-refractivity contribution is 7.89. The van der Waals surface area contributed by atoms with Crippen LogP contribution in [0.4, 0.5) is 0 Å². The molecule has 134 valence electrons. The molecule has 1 aliphatic rings. The number of hydrogen-bond donors (Lipinski definition) is 1. The fraction of sp³-hybridized carbons (Fsp3) is 0.412. The highest BCUT2D eigenvalue weighted by Crippen LogP contribution is 2.23. The molecule has 2 heterocycles. The fourth-order valence-electron chi connectivity index (χ4n) is 3.00. The minimum absolute atomic E-state index is 0.0272. The maximum atomic E-state index is 12.6. The first-order valence-corrected chi connectivity index (χ1v) is 9.71. The van der Waals surface area contributed by atoms with Gasteiger partial charge in [0.1, 0.15) is 0 Å².